The highest BCUT2D eigenvalue weighted by molar-refractivity contribution is 9.10. The van der Waals surface area contributed by atoms with E-state index in [-0.39, 0.29) is 6.04 Å². The predicted octanol–water partition coefficient (Wildman–Crippen LogP) is 6.39. The van der Waals surface area contributed by atoms with Gasteiger partial charge in [0.2, 0.25) is 0 Å². The minimum atomic E-state index is 0.201. The smallest absolute Gasteiger partial charge is 0.0717 e. The summed E-state index contributed by atoms with van der Waals surface area (Å²) >= 11 is 7.37. The molecule has 7 heteroatoms. The lowest BCUT2D eigenvalue weighted by Crippen LogP contribution is -2.44. The van der Waals surface area contributed by atoms with Crippen LogP contribution in [0.2, 0.25) is 0 Å². The van der Waals surface area contributed by atoms with Gasteiger partial charge in [-0.2, -0.15) is 0 Å². The molecule has 2 heterocycles. The third-order valence-corrected chi connectivity index (χ3v) is 9.21. The summed E-state index contributed by atoms with van der Waals surface area (Å²) in [7, 11) is 0. The Morgan fingerprint density at radius 3 is 2.64 bits per heavy atom. The maximum atomic E-state index is 6.13. The first kappa shape index (κ1) is 23.3. The van der Waals surface area contributed by atoms with Crippen molar-refractivity contribution in [1.82, 2.24) is 4.90 Å². The Kier molecular flexibility index (Phi) is 7.97. The summed E-state index contributed by atoms with van der Waals surface area (Å²) in [5.41, 5.74) is 2.34. The van der Waals surface area contributed by atoms with Crippen LogP contribution in [-0.4, -0.2) is 50.4 Å². The number of ether oxygens (including phenoxy) is 2. The van der Waals surface area contributed by atoms with Gasteiger partial charge >= 0.3 is 0 Å². The van der Waals surface area contributed by atoms with Gasteiger partial charge in [0.25, 0.3) is 0 Å². The summed E-state index contributed by atoms with van der Waals surface area (Å²) in [4.78, 5) is 7.66. The molecule has 3 aromatic rings. The van der Waals surface area contributed by atoms with Crippen molar-refractivity contribution in [2.24, 2.45) is 0 Å². The van der Waals surface area contributed by atoms with E-state index in [1.54, 1.807) is 0 Å². The topological polar surface area (TPSA) is 33.7 Å². The third kappa shape index (κ3) is 6.15. The molecule has 0 amide bonds. The van der Waals surface area contributed by atoms with E-state index in [9.17, 15) is 0 Å². The number of benzene rings is 3. The quantitative estimate of drug-likeness (QED) is 0.277. The summed E-state index contributed by atoms with van der Waals surface area (Å²) in [5.74, 6) is 0. The van der Waals surface area contributed by atoms with Crippen LogP contribution in [0.4, 0.5) is 5.69 Å². The van der Waals surface area contributed by atoms with Gasteiger partial charge in [-0.3, -0.25) is 4.90 Å². The Hall–Kier alpha value is -1.48. The molecule has 0 radical (unpaired) electrons. The average molecular weight is 544 g/mol. The second-order valence-electron chi connectivity index (χ2n) is 8.19. The second kappa shape index (κ2) is 11.3. The molecule has 33 heavy (non-hydrogen) atoms. The Labute approximate surface area is 212 Å². The van der Waals surface area contributed by atoms with Crippen LogP contribution >= 0.6 is 39.5 Å². The first-order valence-electron chi connectivity index (χ1n) is 11.2. The Morgan fingerprint density at radius 2 is 1.79 bits per heavy atom. The van der Waals surface area contributed by atoms with Gasteiger partial charge < -0.3 is 14.8 Å². The normalized spacial score (nSPS) is 16.6. The summed E-state index contributed by atoms with van der Waals surface area (Å²) in [5, 5.41) is 3.76. The van der Waals surface area contributed by atoms with Gasteiger partial charge in [0.1, 0.15) is 0 Å². The molecule has 0 aromatic heterocycles. The molecule has 0 bridgehead atoms. The largest absolute Gasteiger partial charge is 0.379 e. The average Bonchev–Trinajstić information content (AvgIpc) is 2.84. The van der Waals surface area contributed by atoms with E-state index < -0.39 is 0 Å². The molecular formula is C26H27BrN2O2S2. The molecule has 0 unspecified atom stereocenters. The summed E-state index contributed by atoms with van der Waals surface area (Å²) in [6.45, 7) is 5.77. The van der Waals surface area contributed by atoms with Crippen molar-refractivity contribution in [3.8, 4) is 0 Å². The van der Waals surface area contributed by atoms with E-state index in [4.69, 9.17) is 9.47 Å². The van der Waals surface area contributed by atoms with Gasteiger partial charge in [-0.15, -0.1) is 0 Å². The molecule has 5 rings (SSSR count). The van der Waals surface area contributed by atoms with Crippen molar-refractivity contribution < 1.29 is 9.47 Å². The van der Waals surface area contributed by atoms with Crippen LogP contribution in [0.3, 0.4) is 0 Å². The first-order valence-corrected chi connectivity index (χ1v) is 13.6. The maximum absolute atomic E-state index is 6.13. The molecule has 1 atom stereocenters. The number of hydrogen-bond donors (Lipinski definition) is 1. The van der Waals surface area contributed by atoms with E-state index in [1.807, 2.05) is 29.6 Å². The number of fused-ring (bicyclic) bond motifs is 2. The van der Waals surface area contributed by atoms with Crippen LogP contribution < -0.4 is 5.32 Å². The number of anilines is 1. The number of morpholine rings is 1. The van der Waals surface area contributed by atoms with Crippen LogP contribution in [-0.2, 0) is 16.1 Å². The van der Waals surface area contributed by atoms with Crippen molar-refractivity contribution in [2.75, 3.05) is 44.8 Å². The lowest BCUT2D eigenvalue weighted by Gasteiger charge is -2.31. The predicted molar refractivity (Wildman–Crippen MR) is 140 cm³/mol. The SMILES string of the molecule is Brc1cccc2c1Sc1ccc(N[C@H](COCc3ccccc3)CN3CCOCC3)cc1S2. The summed E-state index contributed by atoms with van der Waals surface area (Å²) in [6.07, 6.45) is 0. The monoisotopic (exact) mass is 542 g/mol. The lowest BCUT2D eigenvalue weighted by atomic mass is 10.2. The zero-order valence-corrected chi connectivity index (χ0v) is 21.6. The minimum Gasteiger partial charge on any atom is -0.379 e. The highest BCUT2D eigenvalue weighted by Gasteiger charge is 2.21. The van der Waals surface area contributed by atoms with Crippen LogP contribution in [0.5, 0.6) is 0 Å². The molecule has 172 valence electrons. The van der Waals surface area contributed by atoms with E-state index in [0.717, 1.165) is 43.0 Å². The molecule has 3 aromatic carbocycles. The molecule has 1 N–H and O–H groups in total. The van der Waals surface area contributed by atoms with E-state index in [2.05, 4.69) is 86.8 Å². The van der Waals surface area contributed by atoms with Gasteiger partial charge in [-0.25, -0.2) is 0 Å². The zero-order valence-electron chi connectivity index (χ0n) is 18.3. The van der Waals surface area contributed by atoms with Gasteiger partial charge in [0.15, 0.2) is 0 Å². The standard InChI is InChI=1S/C26H27BrN2O2S2/c27-22-7-4-8-24-26(22)33-23-10-9-20(15-25(23)32-24)28-21(16-29-11-13-30-14-12-29)18-31-17-19-5-2-1-3-6-19/h1-10,15,21,28H,11-14,16-18H2/t21-/m0/s1. The van der Waals surface area contributed by atoms with Crippen LogP contribution in [0.25, 0.3) is 0 Å². The number of hydrogen-bond acceptors (Lipinski definition) is 6. The molecule has 0 saturated carbocycles. The summed E-state index contributed by atoms with van der Waals surface area (Å²) in [6, 6.07) is 23.7. The van der Waals surface area contributed by atoms with Crippen molar-refractivity contribution in [3.05, 3.63) is 76.8 Å². The van der Waals surface area contributed by atoms with E-state index in [1.165, 1.54) is 25.1 Å². The van der Waals surface area contributed by atoms with Crippen molar-refractivity contribution in [1.29, 1.82) is 0 Å². The highest BCUT2D eigenvalue weighted by atomic mass is 79.9. The molecule has 2 aliphatic heterocycles. The fraction of sp³-hybridized carbons (Fsp3) is 0.308. The Morgan fingerprint density at radius 1 is 0.939 bits per heavy atom. The summed E-state index contributed by atoms with van der Waals surface area (Å²) < 4.78 is 12.8. The molecule has 0 aliphatic carbocycles. The van der Waals surface area contributed by atoms with Gasteiger partial charge in [-0.05, 0) is 51.8 Å². The molecule has 0 spiro atoms. The van der Waals surface area contributed by atoms with Gasteiger partial charge in [0.05, 0.1) is 32.5 Å². The van der Waals surface area contributed by atoms with E-state index in [0.29, 0.717) is 13.2 Å². The molecule has 2 aliphatic rings. The Balaban J connectivity index is 1.27. The molecular weight excluding hydrogens is 516 g/mol. The molecule has 1 saturated heterocycles. The van der Waals surface area contributed by atoms with Gasteiger partial charge in [0, 0.05) is 49.4 Å². The maximum Gasteiger partial charge on any atom is 0.0717 e. The van der Waals surface area contributed by atoms with Crippen molar-refractivity contribution in [2.45, 2.75) is 32.2 Å². The number of nitrogens with zero attached hydrogens (tertiary/aromatic N) is 1. The van der Waals surface area contributed by atoms with Crippen LogP contribution in [0, 0.1) is 0 Å². The number of rotatable bonds is 8. The zero-order chi connectivity index (χ0) is 22.5. The van der Waals surface area contributed by atoms with E-state index >= 15 is 0 Å². The van der Waals surface area contributed by atoms with Crippen molar-refractivity contribution in [3.63, 3.8) is 0 Å². The van der Waals surface area contributed by atoms with Crippen LogP contribution in [0.15, 0.2) is 90.8 Å². The molecule has 4 nitrogen and oxygen atoms in total. The van der Waals surface area contributed by atoms with Crippen LogP contribution in [0.1, 0.15) is 5.56 Å². The minimum absolute atomic E-state index is 0.201. The second-order valence-corrected chi connectivity index (χ2v) is 11.2. The third-order valence-electron chi connectivity index (χ3n) is 5.69. The number of halogens is 1. The van der Waals surface area contributed by atoms with Gasteiger partial charge in [-0.1, -0.05) is 59.9 Å². The van der Waals surface area contributed by atoms with Crippen molar-refractivity contribution >= 4 is 45.1 Å². The highest BCUT2D eigenvalue weighted by Crippen LogP contribution is 2.51. The lowest BCUT2D eigenvalue weighted by molar-refractivity contribution is 0.0283. The molecule has 1 fully saturated rings. The first-order chi connectivity index (χ1) is 16.2. The Bertz CT molecular complexity index is 1080. The fourth-order valence-corrected chi connectivity index (χ4v) is 7.05. The number of nitrogens with one attached hydrogen (secondary N) is 1. The fourth-order valence-electron chi connectivity index (χ4n) is 4.02.